The maximum absolute atomic E-state index is 12.2. The number of hydrogen-bond acceptors (Lipinski definition) is 5. The van der Waals surface area contributed by atoms with Crippen LogP contribution in [0, 0.1) is 25.2 Å². The fraction of sp³-hybridized carbons (Fsp3) is 0.167. The highest BCUT2D eigenvalue weighted by molar-refractivity contribution is 7.93. The van der Waals surface area contributed by atoms with Crippen LogP contribution in [-0.4, -0.2) is 13.4 Å². The molecule has 2 aromatic rings. The number of benzene rings is 1. The van der Waals surface area contributed by atoms with Crippen molar-refractivity contribution in [2.24, 2.45) is 0 Å². The van der Waals surface area contributed by atoms with Crippen molar-refractivity contribution in [3.05, 3.63) is 39.4 Å². The first-order valence-corrected chi connectivity index (χ1v) is 8.18. The molecule has 0 bridgehead atoms. The van der Waals surface area contributed by atoms with Crippen molar-refractivity contribution in [3.8, 4) is 6.07 Å². The molecular weight excluding hydrogens is 318 g/mol. The van der Waals surface area contributed by atoms with E-state index in [1.165, 1.54) is 29.5 Å². The summed E-state index contributed by atoms with van der Waals surface area (Å²) in [7, 11) is -3.76. The Hall–Kier alpha value is -1.62. The van der Waals surface area contributed by atoms with Crippen LogP contribution < -0.4 is 4.72 Å². The van der Waals surface area contributed by atoms with Gasteiger partial charge in [-0.1, -0.05) is 11.6 Å². The van der Waals surface area contributed by atoms with Crippen LogP contribution in [0.1, 0.15) is 16.1 Å². The summed E-state index contributed by atoms with van der Waals surface area (Å²) < 4.78 is 26.8. The zero-order chi connectivity index (χ0) is 14.9. The van der Waals surface area contributed by atoms with Gasteiger partial charge in [0.25, 0.3) is 10.0 Å². The monoisotopic (exact) mass is 327 g/mol. The van der Waals surface area contributed by atoms with Crippen LogP contribution in [0.15, 0.2) is 23.1 Å². The van der Waals surface area contributed by atoms with Crippen LogP contribution in [0.3, 0.4) is 0 Å². The molecule has 0 amide bonds. The van der Waals surface area contributed by atoms with Crippen LogP contribution in [0.5, 0.6) is 0 Å². The van der Waals surface area contributed by atoms with Crippen molar-refractivity contribution in [1.29, 1.82) is 5.26 Å². The average Bonchev–Trinajstić information content (AvgIpc) is 2.67. The standard InChI is InChI=1S/C12H10ClN3O2S2/c1-7-8(2)19-12(15-7)16-20(17,18)10-4-3-9(6-14)11(13)5-10/h3-5H,1-2H3,(H,15,16). The molecular formula is C12H10ClN3O2S2. The van der Waals surface area contributed by atoms with Gasteiger partial charge in [0.2, 0.25) is 0 Å². The molecule has 1 heterocycles. The van der Waals surface area contributed by atoms with E-state index in [-0.39, 0.29) is 15.5 Å². The molecule has 1 N–H and O–H groups in total. The fourth-order valence-electron chi connectivity index (χ4n) is 1.44. The second-order valence-electron chi connectivity index (χ2n) is 4.02. The van der Waals surface area contributed by atoms with E-state index in [0.29, 0.717) is 5.13 Å². The third kappa shape index (κ3) is 2.93. The highest BCUT2D eigenvalue weighted by Gasteiger charge is 2.18. The Balaban J connectivity index is 2.36. The van der Waals surface area contributed by atoms with E-state index in [1.807, 2.05) is 19.9 Å². The van der Waals surface area contributed by atoms with Gasteiger partial charge in [-0.3, -0.25) is 4.72 Å². The lowest BCUT2D eigenvalue weighted by atomic mass is 10.2. The first kappa shape index (κ1) is 14.8. The number of aryl methyl sites for hydroxylation is 2. The molecule has 1 aromatic heterocycles. The second kappa shape index (κ2) is 5.40. The first-order chi connectivity index (χ1) is 9.33. The van der Waals surface area contributed by atoms with Crippen molar-refractivity contribution >= 4 is 38.1 Å². The van der Waals surface area contributed by atoms with Gasteiger partial charge in [-0.05, 0) is 32.0 Å². The summed E-state index contributed by atoms with van der Waals surface area (Å²) in [6.45, 7) is 3.67. The number of anilines is 1. The molecule has 20 heavy (non-hydrogen) atoms. The number of halogens is 1. The SMILES string of the molecule is Cc1nc(NS(=O)(=O)c2ccc(C#N)c(Cl)c2)sc1C. The smallest absolute Gasteiger partial charge is 0.255 e. The molecule has 0 aliphatic heterocycles. The number of hydrogen-bond donors (Lipinski definition) is 1. The molecule has 8 heteroatoms. The third-order valence-electron chi connectivity index (χ3n) is 2.62. The van der Waals surface area contributed by atoms with Gasteiger partial charge in [-0.15, -0.1) is 11.3 Å². The minimum Gasteiger partial charge on any atom is -0.255 e. The molecule has 0 spiro atoms. The Kier molecular flexibility index (Phi) is 3.99. The van der Waals surface area contributed by atoms with Gasteiger partial charge in [-0.25, -0.2) is 13.4 Å². The van der Waals surface area contributed by atoms with Crippen LogP contribution in [0.2, 0.25) is 5.02 Å². The van der Waals surface area contributed by atoms with Crippen molar-refractivity contribution in [2.45, 2.75) is 18.7 Å². The maximum Gasteiger partial charge on any atom is 0.263 e. The Morgan fingerprint density at radius 2 is 2.10 bits per heavy atom. The number of sulfonamides is 1. The maximum atomic E-state index is 12.2. The van der Waals surface area contributed by atoms with E-state index in [4.69, 9.17) is 16.9 Å². The predicted molar refractivity (Wildman–Crippen MR) is 78.6 cm³/mol. The number of aromatic nitrogens is 1. The molecule has 0 saturated carbocycles. The summed E-state index contributed by atoms with van der Waals surface area (Å²) >= 11 is 7.10. The molecule has 5 nitrogen and oxygen atoms in total. The molecule has 1 aromatic carbocycles. The molecule has 0 aliphatic carbocycles. The number of nitriles is 1. The molecule has 0 atom stereocenters. The van der Waals surface area contributed by atoms with Crippen LogP contribution in [0.25, 0.3) is 0 Å². The molecule has 104 valence electrons. The van der Waals surface area contributed by atoms with Gasteiger partial charge < -0.3 is 0 Å². The quantitative estimate of drug-likeness (QED) is 0.939. The van der Waals surface area contributed by atoms with E-state index in [9.17, 15) is 8.42 Å². The summed E-state index contributed by atoms with van der Waals surface area (Å²) in [5.41, 5.74) is 1.01. The lowest BCUT2D eigenvalue weighted by Gasteiger charge is -2.06. The Labute approximate surface area is 125 Å². The van der Waals surface area contributed by atoms with E-state index in [1.54, 1.807) is 0 Å². The lowest BCUT2D eigenvalue weighted by Crippen LogP contribution is -2.12. The van der Waals surface area contributed by atoms with Gasteiger partial charge in [0.05, 0.1) is 21.2 Å². The molecule has 0 saturated heterocycles. The molecule has 0 radical (unpaired) electrons. The summed E-state index contributed by atoms with van der Waals surface area (Å²) in [5.74, 6) is 0. The summed E-state index contributed by atoms with van der Waals surface area (Å²) in [6, 6.07) is 5.83. The number of rotatable bonds is 3. The summed E-state index contributed by atoms with van der Waals surface area (Å²) in [6.07, 6.45) is 0. The van der Waals surface area contributed by atoms with Gasteiger partial charge in [-0.2, -0.15) is 5.26 Å². The van der Waals surface area contributed by atoms with Gasteiger partial charge in [0.15, 0.2) is 5.13 Å². The van der Waals surface area contributed by atoms with E-state index < -0.39 is 10.0 Å². The van der Waals surface area contributed by atoms with Crippen molar-refractivity contribution < 1.29 is 8.42 Å². The van der Waals surface area contributed by atoms with Gasteiger partial charge in [0.1, 0.15) is 6.07 Å². The largest absolute Gasteiger partial charge is 0.263 e. The average molecular weight is 328 g/mol. The highest BCUT2D eigenvalue weighted by atomic mass is 35.5. The van der Waals surface area contributed by atoms with Gasteiger partial charge in [0, 0.05) is 4.88 Å². The summed E-state index contributed by atoms with van der Waals surface area (Å²) in [5, 5.41) is 9.18. The van der Waals surface area contributed by atoms with Crippen LogP contribution >= 0.6 is 22.9 Å². The summed E-state index contributed by atoms with van der Waals surface area (Å²) in [4.78, 5) is 5.06. The van der Waals surface area contributed by atoms with E-state index in [2.05, 4.69) is 9.71 Å². The molecule has 0 aliphatic rings. The van der Waals surface area contributed by atoms with Crippen molar-refractivity contribution in [1.82, 2.24) is 4.98 Å². The van der Waals surface area contributed by atoms with Crippen molar-refractivity contribution in [3.63, 3.8) is 0 Å². The fourth-order valence-corrected chi connectivity index (χ4v) is 3.81. The zero-order valence-corrected chi connectivity index (χ0v) is 13.0. The Morgan fingerprint density at radius 3 is 2.60 bits per heavy atom. The topological polar surface area (TPSA) is 82.8 Å². The minimum absolute atomic E-state index is 0.00740. The molecule has 0 unspecified atom stereocenters. The van der Waals surface area contributed by atoms with Gasteiger partial charge >= 0.3 is 0 Å². The number of thiazole rings is 1. The van der Waals surface area contributed by atoms with Crippen LogP contribution in [0.4, 0.5) is 5.13 Å². The second-order valence-corrected chi connectivity index (χ2v) is 7.31. The molecule has 0 fully saturated rings. The molecule has 2 rings (SSSR count). The Morgan fingerprint density at radius 1 is 1.40 bits per heavy atom. The minimum atomic E-state index is -3.76. The number of nitrogens with zero attached hydrogens (tertiary/aromatic N) is 2. The van der Waals surface area contributed by atoms with E-state index in [0.717, 1.165) is 10.6 Å². The Bertz CT molecular complexity index is 787. The highest BCUT2D eigenvalue weighted by Crippen LogP contribution is 2.26. The lowest BCUT2D eigenvalue weighted by molar-refractivity contribution is 0.601. The number of nitrogens with one attached hydrogen (secondary N) is 1. The van der Waals surface area contributed by atoms with Crippen LogP contribution in [-0.2, 0) is 10.0 Å². The normalized spacial score (nSPS) is 11.1. The van der Waals surface area contributed by atoms with E-state index >= 15 is 0 Å². The zero-order valence-electron chi connectivity index (χ0n) is 10.6. The van der Waals surface area contributed by atoms with Crippen molar-refractivity contribution in [2.75, 3.05) is 4.72 Å². The first-order valence-electron chi connectivity index (χ1n) is 5.50. The third-order valence-corrected chi connectivity index (χ3v) is 5.39. The predicted octanol–water partition coefficient (Wildman–Crippen LogP) is 3.09.